The molecule has 1 aliphatic rings. The number of aromatic nitrogens is 1. The molecule has 18 heavy (non-hydrogen) atoms. The first-order valence-corrected chi connectivity index (χ1v) is 6.44. The lowest BCUT2D eigenvalue weighted by atomic mass is 9.91. The Bertz CT molecular complexity index is 434. The van der Waals surface area contributed by atoms with E-state index in [1.165, 1.54) is 11.1 Å². The van der Waals surface area contributed by atoms with Crippen molar-refractivity contribution in [2.24, 2.45) is 5.92 Å². The van der Waals surface area contributed by atoms with Crippen LogP contribution in [0.1, 0.15) is 30.9 Å². The zero-order valence-electron chi connectivity index (χ0n) is 11.0. The molecule has 1 aromatic rings. The molecule has 0 radical (unpaired) electrons. The third-order valence-corrected chi connectivity index (χ3v) is 3.88. The number of aliphatic carboxylic acids is 1. The van der Waals surface area contributed by atoms with Crippen LogP contribution in [0.5, 0.6) is 0 Å². The monoisotopic (exact) mass is 248 g/mol. The molecule has 0 saturated carbocycles. The fourth-order valence-electron chi connectivity index (χ4n) is 2.56. The van der Waals surface area contributed by atoms with Gasteiger partial charge in [-0.15, -0.1) is 0 Å². The van der Waals surface area contributed by atoms with Gasteiger partial charge < -0.3 is 5.11 Å². The van der Waals surface area contributed by atoms with E-state index in [4.69, 9.17) is 5.11 Å². The Morgan fingerprint density at radius 2 is 2.39 bits per heavy atom. The lowest BCUT2D eigenvalue weighted by molar-refractivity contribution is -0.144. The van der Waals surface area contributed by atoms with Crippen LogP contribution in [0, 0.1) is 12.8 Å². The lowest BCUT2D eigenvalue weighted by Gasteiger charge is -2.36. The number of pyridine rings is 1. The highest BCUT2D eigenvalue weighted by molar-refractivity contribution is 5.70. The van der Waals surface area contributed by atoms with Crippen molar-refractivity contribution >= 4 is 5.97 Å². The number of rotatable bonds is 3. The zero-order valence-corrected chi connectivity index (χ0v) is 11.0. The maximum atomic E-state index is 11.0. The SMILES string of the molecule is Cc1ccncc1CN1CCC(C(=O)O)CC1C. The highest BCUT2D eigenvalue weighted by Crippen LogP contribution is 2.24. The summed E-state index contributed by atoms with van der Waals surface area (Å²) >= 11 is 0. The lowest BCUT2D eigenvalue weighted by Crippen LogP contribution is -2.42. The van der Waals surface area contributed by atoms with Gasteiger partial charge in [0.05, 0.1) is 5.92 Å². The minimum Gasteiger partial charge on any atom is -0.481 e. The molecule has 0 aromatic carbocycles. The second-order valence-electron chi connectivity index (χ2n) is 5.18. The molecule has 0 aliphatic carbocycles. The Kier molecular flexibility index (Phi) is 3.97. The van der Waals surface area contributed by atoms with Crippen LogP contribution in [0.25, 0.3) is 0 Å². The number of carboxylic acids is 1. The molecule has 0 spiro atoms. The number of aryl methyl sites for hydroxylation is 1. The fraction of sp³-hybridized carbons (Fsp3) is 0.571. The summed E-state index contributed by atoms with van der Waals surface area (Å²) in [6.07, 6.45) is 5.21. The van der Waals surface area contributed by atoms with Gasteiger partial charge in [-0.25, -0.2) is 0 Å². The molecule has 1 saturated heterocycles. The third kappa shape index (κ3) is 2.88. The fourth-order valence-corrected chi connectivity index (χ4v) is 2.56. The van der Waals surface area contributed by atoms with Crippen molar-refractivity contribution in [1.82, 2.24) is 9.88 Å². The van der Waals surface area contributed by atoms with E-state index in [-0.39, 0.29) is 5.92 Å². The largest absolute Gasteiger partial charge is 0.481 e. The quantitative estimate of drug-likeness (QED) is 0.889. The average molecular weight is 248 g/mol. The van der Waals surface area contributed by atoms with Gasteiger partial charge in [-0.1, -0.05) is 0 Å². The van der Waals surface area contributed by atoms with E-state index in [1.807, 2.05) is 12.3 Å². The van der Waals surface area contributed by atoms with Crippen LogP contribution in [0.2, 0.25) is 0 Å². The van der Waals surface area contributed by atoms with Crippen molar-refractivity contribution in [2.45, 2.75) is 39.3 Å². The molecule has 4 nitrogen and oxygen atoms in total. The van der Waals surface area contributed by atoms with E-state index in [2.05, 4.69) is 23.7 Å². The third-order valence-electron chi connectivity index (χ3n) is 3.88. The van der Waals surface area contributed by atoms with Gasteiger partial charge in [-0.2, -0.15) is 0 Å². The molecular weight excluding hydrogens is 228 g/mol. The van der Waals surface area contributed by atoms with E-state index < -0.39 is 5.97 Å². The minimum absolute atomic E-state index is 0.175. The summed E-state index contributed by atoms with van der Waals surface area (Å²) in [6, 6.07) is 2.34. The molecule has 2 rings (SSSR count). The molecule has 2 atom stereocenters. The molecule has 1 aliphatic heterocycles. The predicted octanol–water partition coefficient (Wildman–Crippen LogP) is 2.08. The molecule has 2 unspecified atom stereocenters. The van der Waals surface area contributed by atoms with Gasteiger partial charge >= 0.3 is 5.97 Å². The van der Waals surface area contributed by atoms with Gasteiger partial charge in [0.2, 0.25) is 0 Å². The van der Waals surface area contributed by atoms with Gasteiger partial charge in [0.15, 0.2) is 0 Å². The molecule has 2 heterocycles. The van der Waals surface area contributed by atoms with Crippen molar-refractivity contribution in [3.8, 4) is 0 Å². The Morgan fingerprint density at radius 3 is 3.00 bits per heavy atom. The van der Waals surface area contributed by atoms with E-state index in [0.717, 1.165) is 25.9 Å². The number of piperidine rings is 1. The number of nitrogens with zero attached hydrogens (tertiary/aromatic N) is 2. The van der Waals surface area contributed by atoms with E-state index >= 15 is 0 Å². The molecule has 1 N–H and O–H groups in total. The number of carbonyl (C=O) groups is 1. The van der Waals surface area contributed by atoms with E-state index in [0.29, 0.717) is 6.04 Å². The average Bonchev–Trinajstić information content (AvgIpc) is 2.34. The Morgan fingerprint density at radius 1 is 1.61 bits per heavy atom. The molecular formula is C14H20N2O2. The van der Waals surface area contributed by atoms with Crippen LogP contribution in [-0.4, -0.2) is 33.5 Å². The smallest absolute Gasteiger partial charge is 0.306 e. The summed E-state index contributed by atoms with van der Waals surface area (Å²) in [5, 5.41) is 9.05. The van der Waals surface area contributed by atoms with E-state index in [9.17, 15) is 4.79 Å². The molecule has 98 valence electrons. The van der Waals surface area contributed by atoms with Crippen molar-refractivity contribution < 1.29 is 9.90 Å². The van der Waals surface area contributed by atoms with Crippen LogP contribution in [-0.2, 0) is 11.3 Å². The van der Waals surface area contributed by atoms with Crippen LogP contribution >= 0.6 is 0 Å². The summed E-state index contributed by atoms with van der Waals surface area (Å²) in [5.41, 5.74) is 2.48. The molecule has 1 aromatic heterocycles. The Hall–Kier alpha value is -1.42. The zero-order chi connectivity index (χ0) is 13.1. The van der Waals surface area contributed by atoms with Gasteiger partial charge in [-0.3, -0.25) is 14.7 Å². The van der Waals surface area contributed by atoms with Crippen molar-refractivity contribution in [2.75, 3.05) is 6.54 Å². The summed E-state index contributed by atoms with van der Waals surface area (Å²) in [6.45, 7) is 5.92. The van der Waals surface area contributed by atoms with Gasteiger partial charge in [0.25, 0.3) is 0 Å². The number of carboxylic acid groups (broad SMARTS) is 1. The van der Waals surface area contributed by atoms with Gasteiger partial charge in [-0.05, 0) is 50.4 Å². The molecule has 1 fully saturated rings. The first kappa shape index (κ1) is 13.0. The first-order chi connectivity index (χ1) is 8.58. The van der Waals surface area contributed by atoms with Crippen LogP contribution < -0.4 is 0 Å². The van der Waals surface area contributed by atoms with Crippen molar-refractivity contribution in [3.05, 3.63) is 29.6 Å². The standard InChI is InChI=1S/C14H20N2O2/c1-10-3-5-15-8-13(10)9-16-6-4-12(14(17)18)7-11(16)2/h3,5,8,11-12H,4,6-7,9H2,1-2H3,(H,17,18). The number of hydrogen-bond acceptors (Lipinski definition) is 3. The van der Waals surface area contributed by atoms with E-state index in [1.54, 1.807) is 6.20 Å². The summed E-state index contributed by atoms with van der Waals surface area (Å²) in [4.78, 5) is 17.5. The molecule has 0 amide bonds. The minimum atomic E-state index is -0.654. The molecule has 0 bridgehead atoms. The maximum Gasteiger partial charge on any atom is 0.306 e. The second-order valence-corrected chi connectivity index (χ2v) is 5.18. The normalized spacial score (nSPS) is 25.0. The predicted molar refractivity (Wildman–Crippen MR) is 69.2 cm³/mol. The first-order valence-electron chi connectivity index (χ1n) is 6.44. The summed E-state index contributed by atoms with van der Waals surface area (Å²) in [7, 11) is 0. The second kappa shape index (κ2) is 5.48. The molecule has 4 heteroatoms. The summed E-state index contributed by atoms with van der Waals surface area (Å²) < 4.78 is 0. The number of hydrogen-bond donors (Lipinski definition) is 1. The van der Waals surface area contributed by atoms with Crippen LogP contribution in [0.15, 0.2) is 18.5 Å². The topological polar surface area (TPSA) is 53.4 Å². The Labute approximate surface area is 108 Å². The van der Waals surface area contributed by atoms with Gasteiger partial charge in [0, 0.05) is 25.0 Å². The van der Waals surface area contributed by atoms with Crippen molar-refractivity contribution in [3.63, 3.8) is 0 Å². The summed E-state index contributed by atoms with van der Waals surface area (Å²) in [5.74, 6) is -0.828. The van der Waals surface area contributed by atoms with Crippen LogP contribution in [0.3, 0.4) is 0 Å². The maximum absolute atomic E-state index is 11.0. The highest BCUT2D eigenvalue weighted by atomic mass is 16.4. The Balaban J connectivity index is 2.00. The van der Waals surface area contributed by atoms with Gasteiger partial charge in [0.1, 0.15) is 0 Å². The number of likely N-dealkylation sites (tertiary alicyclic amines) is 1. The highest BCUT2D eigenvalue weighted by Gasteiger charge is 2.29. The van der Waals surface area contributed by atoms with Crippen molar-refractivity contribution in [1.29, 1.82) is 0 Å². The van der Waals surface area contributed by atoms with Crippen LogP contribution in [0.4, 0.5) is 0 Å².